The molecule has 7 nitrogen and oxygen atoms in total. The van der Waals surface area contributed by atoms with E-state index in [0.717, 1.165) is 17.0 Å². The molecule has 0 spiro atoms. The minimum atomic E-state index is 0.509. The summed E-state index contributed by atoms with van der Waals surface area (Å²) in [5.41, 5.74) is 2.85. The molecular weight excluding hydrogens is 324 g/mol. The Labute approximate surface area is 142 Å². The van der Waals surface area contributed by atoms with Gasteiger partial charge in [0.2, 0.25) is 16.9 Å². The number of rotatable bonds is 4. The third-order valence-electron chi connectivity index (χ3n) is 3.42. The van der Waals surface area contributed by atoms with Crippen molar-refractivity contribution in [1.82, 2.24) is 29.7 Å². The van der Waals surface area contributed by atoms with Crippen molar-refractivity contribution in [3.05, 3.63) is 53.7 Å². The van der Waals surface area contributed by atoms with Crippen LogP contribution in [-0.4, -0.2) is 29.7 Å². The van der Waals surface area contributed by atoms with Crippen molar-refractivity contribution in [2.24, 2.45) is 0 Å². The highest BCUT2D eigenvalue weighted by Gasteiger charge is 2.12. The van der Waals surface area contributed by atoms with E-state index >= 15 is 0 Å². The van der Waals surface area contributed by atoms with Gasteiger partial charge in [0.15, 0.2) is 0 Å². The van der Waals surface area contributed by atoms with E-state index in [9.17, 15) is 0 Å². The number of hydrogen-bond donors (Lipinski definition) is 0. The molecule has 0 N–H and O–H groups in total. The third kappa shape index (κ3) is 2.88. The highest BCUT2D eigenvalue weighted by molar-refractivity contribution is 7.98. The van der Waals surface area contributed by atoms with Crippen molar-refractivity contribution in [2.45, 2.75) is 24.8 Å². The van der Waals surface area contributed by atoms with Crippen molar-refractivity contribution < 1.29 is 4.52 Å². The lowest BCUT2D eigenvalue weighted by atomic mass is 10.2. The summed E-state index contributed by atoms with van der Waals surface area (Å²) in [6.45, 7) is 3.92. The minimum absolute atomic E-state index is 0.509. The monoisotopic (exact) mass is 338 g/mol. The Balaban J connectivity index is 1.51. The molecule has 0 aliphatic heterocycles. The molecule has 1 aromatic carbocycles. The van der Waals surface area contributed by atoms with E-state index in [1.165, 1.54) is 11.8 Å². The lowest BCUT2D eigenvalue weighted by Gasteiger charge is -1.97. The van der Waals surface area contributed by atoms with Crippen LogP contribution in [0.15, 0.2) is 46.1 Å². The standard InChI is InChI=1S/C16H14N6OS/c1-10-8-11(2)22-15(17-10)19-16(20-22)24-9-13-18-14(21-23-13)12-6-4-3-5-7-12/h3-8H,9H2,1-2H3. The van der Waals surface area contributed by atoms with Gasteiger partial charge in [-0.25, -0.2) is 9.50 Å². The molecule has 0 saturated carbocycles. The smallest absolute Gasteiger partial charge is 0.253 e. The summed E-state index contributed by atoms with van der Waals surface area (Å²) in [6.07, 6.45) is 0. The fourth-order valence-electron chi connectivity index (χ4n) is 2.35. The second-order valence-corrected chi connectivity index (χ2v) is 6.25. The Morgan fingerprint density at radius 3 is 2.75 bits per heavy atom. The minimum Gasteiger partial charge on any atom is -0.338 e. The van der Waals surface area contributed by atoms with Crippen LogP contribution in [0.5, 0.6) is 0 Å². The maximum absolute atomic E-state index is 5.30. The lowest BCUT2D eigenvalue weighted by molar-refractivity contribution is 0.391. The van der Waals surface area contributed by atoms with Gasteiger partial charge in [-0.3, -0.25) is 0 Å². The number of hydrogen-bond acceptors (Lipinski definition) is 7. The molecule has 4 rings (SSSR count). The molecule has 8 heteroatoms. The molecule has 4 aromatic rings. The normalized spacial score (nSPS) is 11.2. The zero-order chi connectivity index (χ0) is 16.5. The molecular formula is C16H14N6OS. The molecule has 0 aliphatic carbocycles. The molecule has 0 amide bonds. The molecule has 0 bridgehead atoms. The SMILES string of the molecule is Cc1cc(C)n2nc(SCc3nc(-c4ccccc4)no3)nc2n1. The Bertz CT molecular complexity index is 994. The van der Waals surface area contributed by atoms with E-state index in [2.05, 4.69) is 25.2 Å². The summed E-state index contributed by atoms with van der Waals surface area (Å²) >= 11 is 1.44. The maximum atomic E-state index is 5.30. The Morgan fingerprint density at radius 2 is 1.92 bits per heavy atom. The molecule has 0 saturated heterocycles. The van der Waals surface area contributed by atoms with Gasteiger partial charge in [-0.1, -0.05) is 47.3 Å². The first-order valence-electron chi connectivity index (χ1n) is 7.41. The first-order chi connectivity index (χ1) is 11.7. The summed E-state index contributed by atoms with van der Waals surface area (Å²) in [5, 5.41) is 9.09. The summed E-state index contributed by atoms with van der Waals surface area (Å²) in [6, 6.07) is 11.7. The van der Waals surface area contributed by atoms with Crippen LogP contribution < -0.4 is 0 Å². The summed E-state index contributed by atoms with van der Waals surface area (Å²) in [5.74, 6) is 2.24. The zero-order valence-corrected chi connectivity index (χ0v) is 14.0. The average Bonchev–Trinajstić information content (AvgIpc) is 3.20. The van der Waals surface area contributed by atoms with Crippen LogP contribution in [-0.2, 0) is 5.75 Å². The van der Waals surface area contributed by atoms with Crippen molar-refractivity contribution in [2.75, 3.05) is 0 Å². The van der Waals surface area contributed by atoms with Crippen LogP contribution in [0.4, 0.5) is 0 Å². The topological polar surface area (TPSA) is 82.0 Å². The maximum Gasteiger partial charge on any atom is 0.253 e. The van der Waals surface area contributed by atoms with Crippen molar-refractivity contribution in [1.29, 1.82) is 0 Å². The van der Waals surface area contributed by atoms with E-state index in [1.54, 1.807) is 4.52 Å². The van der Waals surface area contributed by atoms with Crippen LogP contribution in [0.3, 0.4) is 0 Å². The van der Waals surface area contributed by atoms with Gasteiger partial charge < -0.3 is 4.52 Å². The van der Waals surface area contributed by atoms with Gasteiger partial charge in [0.25, 0.3) is 5.78 Å². The van der Waals surface area contributed by atoms with Crippen LogP contribution >= 0.6 is 11.8 Å². The van der Waals surface area contributed by atoms with Gasteiger partial charge >= 0.3 is 0 Å². The molecule has 120 valence electrons. The predicted molar refractivity (Wildman–Crippen MR) is 89.6 cm³/mol. The summed E-state index contributed by atoms with van der Waals surface area (Å²) in [7, 11) is 0. The first-order valence-corrected chi connectivity index (χ1v) is 8.39. The lowest BCUT2D eigenvalue weighted by Crippen LogP contribution is -1.97. The highest BCUT2D eigenvalue weighted by atomic mass is 32.2. The molecule has 0 fully saturated rings. The fraction of sp³-hybridized carbons (Fsp3) is 0.188. The number of aromatic nitrogens is 6. The number of aryl methyl sites for hydroxylation is 2. The van der Waals surface area contributed by atoms with E-state index in [4.69, 9.17) is 4.52 Å². The third-order valence-corrected chi connectivity index (χ3v) is 4.25. The Morgan fingerprint density at radius 1 is 1.08 bits per heavy atom. The summed E-state index contributed by atoms with van der Waals surface area (Å²) < 4.78 is 7.03. The molecule has 0 aliphatic rings. The quantitative estimate of drug-likeness (QED) is 0.529. The molecule has 3 aromatic heterocycles. The largest absolute Gasteiger partial charge is 0.338 e. The molecule has 0 unspecified atom stereocenters. The van der Waals surface area contributed by atoms with Crippen LogP contribution in [0.25, 0.3) is 17.2 Å². The van der Waals surface area contributed by atoms with Gasteiger partial charge in [-0.2, -0.15) is 9.97 Å². The van der Waals surface area contributed by atoms with E-state index < -0.39 is 0 Å². The molecule has 24 heavy (non-hydrogen) atoms. The first kappa shape index (κ1) is 14.8. The van der Waals surface area contributed by atoms with Crippen LogP contribution in [0.1, 0.15) is 17.3 Å². The molecule has 0 atom stereocenters. The van der Waals surface area contributed by atoms with Gasteiger partial charge in [-0.05, 0) is 19.9 Å². The van der Waals surface area contributed by atoms with Crippen LogP contribution in [0.2, 0.25) is 0 Å². The van der Waals surface area contributed by atoms with Crippen LogP contribution in [0, 0.1) is 13.8 Å². The van der Waals surface area contributed by atoms with Gasteiger partial charge in [0.05, 0.1) is 5.75 Å². The summed E-state index contributed by atoms with van der Waals surface area (Å²) in [4.78, 5) is 13.2. The second kappa shape index (κ2) is 6.04. The van der Waals surface area contributed by atoms with Gasteiger partial charge in [0, 0.05) is 17.0 Å². The number of thioether (sulfide) groups is 1. The van der Waals surface area contributed by atoms with Gasteiger partial charge in [-0.15, -0.1) is 5.10 Å². The van der Waals surface area contributed by atoms with E-state index in [-0.39, 0.29) is 0 Å². The number of benzene rings is 1. The van der Waals surface area contributed by atoms with Crippen molar-refractivity contribution in [3.8, 4) is 11.4 Å². The zero-order valence-electron chi connectivity index (χ0n) is 13.2. The number of fused-ring (bicyclic) bond motifs is 1. The van der Waals surface area contributed by atoms with E-state index in [0.29, 0.717) is 28.4 Å². The van der Waals surface area contributed by atoms with Gasteiger partial charge in [0.1, 0.15) is 0 Å². The Kier molecular flexibility index (Phi) is 3.73. The fourth-order valence-corrected chi connectivity index (χ4v) is 3.01. The molecule has 0 radical (unpaired) electrons. The van der Waals surface area contributed by atoms with E-state index in [1.807, 2.05) is 50.2 Å². The number of nitrogens with zero attached hydrogens (tertiary/aromatic N) is 6. The second-order valence-electron chi connectivity index (χ2n) is 5.31. The highest BCUT2D eigenvalue weighted by Crippen LogP contribution is 2.21. The Hall–Kier alpha value is -2.74. The molecule has 3 heterocycles. The van der Waals surface area contributed by atoms with Crippen molar-refractivity contribution >= 4 is 17.5 Å². The van der Waals surface area contributed by atoms with Crippen molar-refractivity contribution in [3.63, 3.8) is 0 Å². The average molecular weight is 338 g/mol. The predicted octanol–water partition coefficient (Wildman–Crippen LogP) is 3.08.